The summed E-state index contributed by atoms with van der Waals surface area (Å²) in [5.74, 6) is 0. The lowest BCUT2D eigenvalue weighted by molar-refractivity contribution is 0.104. The molecule has 0 amide bonds. The molecular weight excluding hydrogens is 210 g/mol. The van der Waals surface area contributed by atoms with Crippen molar-refractivity contribution in [1.29, 1.82) is 0 Å². The lowest BCUT2D eigenvalue weighted by atomic mass is 10.0. The molecule has 3 nitrogen and oxygen atoms in total. The second-order valence-electron chi connectivity index (χ2n) is 5.47. The highest BCUT2D eigenvalue weighted by atomic mass is 15.2. The predicted octanol–water partition coefficient (Wildman–Crippen LogP) is 1.79. The molecular formula is C14H31N3. The van der Waals surface area contributed by atoms with E-state index < -0.39 is 0 Å². The monoisotopic (exact) mass is 241 g/mol. The average Bonchev–Trinajstić information content (AvgIpc) is 2.35. The van der Waals surface area contributed by atoms with Gasteiger partial charge < -0.3 is 10.2 Å². The van der Waals surface area contributed by atoms with Gasteiger partial charge in [-0.1, -0.05) is 13.8 Å². The minimum atomic E-state index is 0.704. The van der Waals surface area contributed by atoms with Crippen LogP contribution in [0.1, 0.15) is 39.5 Å². The fourth-order valence-electron chi connectivity index (χ4n) is 2.72. The molecule has 17 heavy (non-hydrogen) atoms. The van der Waals surface area contributed by atoms with Crippen molar-refractivity contribution in [2.24, 2.45) is 0 Å². The van der Waals surface area contributed by atoms with E-state index >= 15 is 0 Å². The summed E-state index contributed by atoms with van der Waals surface area (Å²) in [4.78, 5) is 5.07. The minimum absolute atomic E-state index is 0.704. The Morgan fingerprint density at radius 3 is 2.47 bits per heavy atom. The summed E-state index contributed by atoms with van der Waals surface area (Å²) < 4.78 is 0. The first-order chi connectivity index (χ1) is 8.19. The molecule has 1 heterocycles. The zero-order valence-corrected chi connectivity index (χ0v) is 12.2. The zero-order valence-electron chi connectivity index (χ0n) is 12.2. The van der Waals surface area contributed by atoms with Crippen molar-refractivity contribution in [2.45, 2.75) is 51.6 Å². The van der Waals surface area contributed by atoms with Crippen LogP contribution in [0.2, 0.25) is 0 Å². The first-order valence-electron chi connectivity index (χ1n) is 7.30. The van der Waals surface area contributed by atoms with E-state index in [0.29, 0.717) is 6.04 Å². The number of rotatable bonds is 7. The van der Waals surface area contributed by atoms with Crippen LogP contribution in [0.5, 0.6) is 0 Å². The van der Waals surface area contributed by atoms with E-state index in [1.165, 1.54) is 38.8 Å². The smallest absolute Gasteiger partial charge is 0.0217 e. The molecule has 1 aliphatic heterocycles. The second-order valence-corrected chi connectivity index (χ2v) is 5.47. The maximum atomic E-state index is 3.56. The molecule has 0 saturated carbocycles. The number of piperidine rings is 1. The Labute approximate surface area is 108 Å². The third-order valence-electron chi connectivity index (χ3n) is 4.12. The molecule has 0 bridgehead atoms. The third kappa shape index (κ3) is 4.94. The molecule has 1 rings (SSSR count). The van der Waals surface area contributed by atoms with E-state index in [1.807, 2.05) is 0 Å². The molecule has 3 heteroatoms. The summed E-state index contributed by atoms with van der Waals surface area (Å²) >= 11 is 0. The SMILES string of the molecule is CCCNCC(CC)N(C)C1CCN(C)CC1. The predicted molar refractivity (Wildman–Crippen MR) is 75.5 cm³/mol. The molecule has 1 atom stereocenters. The van der Waals surface area contributed by atoms with E-state index in [2.05, 4.69) is 43.1 Å². The maximum absolute atomic E-state index is 3.56. The summed E-state index contributed by atoms with van der Waals surface area (Å²) in [6.45, 7) is 9.35. The van der Waals surface area contributed by atoms with Crippen LogP contribution < -0.4 is 5.32 Å². The fraction of sp³-hybridized carbons (Fsp3) is 1.00. The largest absolute Gasteiger partial charge is 0.315 e. The molecule has 0 radical (unpaired) electrons. The Hall–Kier alpha value is -0.120. The van der Waals surface area contributed by atoms with Gasteiger partial charge in [0, 0.05) is 18.6 Å². The van der Waals surface area contributed by atoms with Crippen LogP contribution in [-0.4, -0.2) is 62.2 Å². The second kappa shape index (κ2) is 8.06. The van der Waals surface area contributed by atoms with Crippen molar-refractivity contribution >= 4 is 0 Å². The molecule has 1 fully saturated rings. The first kappa shape index (κ1) is 14.9. The Balaban J connectivity index is 2.34. The van der Waals surface area contributed by atoms with Gasteiger partial charge in [0.25, 0.3) is 0 Å². The van der Waals surface area contributed by atoms with Crippen LogP contribution in [0.25, 0.3) is 0 Å². The number of hydrogen-bond acceptors (Lipinski definition) is 3. The minimum Gasteiger partial charge on any atom is -0.315 e. The van der Waals surface area contributed by atoms with Crippen LogP contribution in [0.15, 0.2) is 0 Å². The van der Waals surface area contributed by atoms with Gasteiger partial charge in [-0.15, -0.1) is 0 Å². The topological polar surface area (TPSA) is 18.5 Å². The zero-order chi connectivity index (χ0) is 12.7. The number of nitrogens with zero attached hydrogens (tertiary/aromatic N) is 2. The van der Waals surface area contributed by atoms with Crippen LogP contribution in [0.4, 0.5) is 0 Å². The van der Waals surface area contributed by atoms with E-state index in [0.717, 1.165) is 19.1 Å². The van der Waals surface area contributed by atoms with E-state index in [4.69, 9.17) is 0 Å². The molecule has 0 aromatic heterocycles. The maximum Gasteiger partial charge on any atom is 0.0217 e. The Kier molecular flexibility index (Phi) is 7.09. The number of likely N-dealkylation sites (tertiary alicyclic amines) is 1. The van der Waals surface area contributed by atoms with Crippen molar-refractivity contribution in [3.05, 3.63) is 0 Å². The Bertz CT molecular complexity index is 188. The van der Waals surface area contributed by atoms with Crippen LogP contribution in [-0.2, 0) is 0 Å². The van der Waals surface area contributed by atoms with Crippen LogP contribution in [0, 0.1) is 0 Å². The highest BCUT2D eigenvalue weighted by molar-refractivity contribution is 4.81. The first-order valence-corrected chi connectivity index (χ1v) is 7.30. The highest BCUT2D eigenvalue weighted by Gasteiger charge is 2.24. The Morgan fingerprint density at radius 1 is 1.29 bits per heavy atom. The van der Waals surface area contributed by atoms with Gasteiger partial charge in [-0.2, -0.15) is 0 Å². The Morgan fingerprint density at radius 2 is 1.94 bits per heavy atom. The summed E-state index contributed by atoms with van der Waals surface area (Å²) in [6, 6.07) is 1.49. The van der Waals surface area contributed by atoms with Gasteiger partial charge in [-0.25, -0.2) is 0 Å². The van der Waals surface area contributed by atoms with E-state index in [1.54, 1.807) is 0 Å². The third-order valence-corrected chi connectivity index (χ3v) is 4.12. The van der Waals surface area contributed by atoms with Gasteiger partial charge in [0.1, 0.15) is 0 Å². The van der Waals surface area contributed by atoms with Crippen molar-refractivity contribution < 1.29 is 0 Å². The normalized spacial score (nSPS) is 21.0. The van der Waals surface area contributed by atoms with E-state index in [-0.39, 0.29) is 0 Å². The van der Waals surface area contributed by atoms with Gasteiger partial charge in [-0.05, 0) is 59.4 Å². The van der Waals surface area contributed by atoms with Gasteiger partial charge >= 0.3 is 0 Å². The molecule has 0 aromatic rings. The molecule has 0 aliphatic carbocycles. The molecule has 1 aliphatic rings. The standard InChI is InChI=1S/C14H31N3/c1-5-9-15-12-13(6-2)17(4)14-7-10-16(3)11-8-14/h13-15H,5-12H2,1-4H3. The summed E-state index contributed by atoms with van der Waals surface area (Å²) in [7, 11) is 4.55. The summed E-state index contributed by atoms with van der Waals surface area (Å²) in [6.07, 6.45) is 5.14. The lowest BCUT2D eigenvalue weighted by Gasteiger charge is -2.39. The summed E-state index contributed by atoms with van der Waals surface area (Å²) in [5, 5.41) is 3.56. The molecule has 102 valence electrons. The van der Waals surface area contributed by atoms with Crippen molar-refractivity contribution in [3.63, 3.8) is 0 Å². The lowest BCUT2D eigenvalue weighted by Crippen LogP contribution is -2.49. The summed E-state index contributed by atoms with van der Waals surface area (Å²) in [5.41, 5.74) is 0. The average molecular weight is 241 g/mol. The highest BCUT2D eigenvalue weighted by Crippen LogP contribution is 2.17. The number of hydrogen-bond donors (Lipinski definition) is 1. The quantitative estimate of drug-likeness (QED) is 0.686. The van der Waals surface area contributed by atoms with Gasteiger partial charge in [-0.3, -0.25) is 4.90 Å². The molecule has 0 spiro atoms. The molecule has 1 saturated heterocycles. The van der Waals surface area contributed by atoms with Crippen LogP contribution >= 0.6 is 0 Å². The van der Waals surface area contributed by atoms with E-state index in [9.17, 15) is 0 Å². The molecule has 1 N–H and O–H groups in total. The number of nitrogens with one attached hydrogen (secondary N) is 1. The van der Waals surface area contributed by atoms with Crippen molar-refractivity contribution in [1.82, 2.24) is 15.1 Å². The van der Waals surface area contributed by atoms with Crippen molar-refractivity contribution in [2.75, 3.05) is 40.3 Å². The van der Waals surface area contributed by atoms with Gasteiger partial charge in [0.2, 0.25) is 0 Å². The molecule has 1 unspecified atom stereocenters. The van der Waals surface area contributed by atoms with Crippen LogP contribution in [0.3, 0.4) is 0 Å². The van der Waals surface area contributed by atoms with Gasteiger partial charge in [0.05, 0.1) is 0 Å². The number of likely N-dealkylation sites (N-methyl/N-ethyl adjacent to an activating group) is 1. The van der Waals surface area contributed by atoms with Gasteiger partial charge in [0.15, 0.2) is 0 Å². The van der Waals surface area contributed by atoms with Crippen molar-refractivity contribution in [3.8, 4) is 0 Å². The molecule has 0 aromatic carbocycles. The fourth-order valence-corrected chi connectivity index (χ4v) is 2.72.